The number of aromatic carboxylic acids is 2. The van der Waals surface area contributed by atoms with Crippen molar-refractivity contribution in [2.75, 3.05) is 5.32 Å². The molecule has 1 rings (SSSR count). The van der Waals surface area contributed by atoms with Crippen LogP contribution >= 0.6 is 0 Å². The summed E-state index contributed by atoms with van der Waals surface area (Å²) < 4.78 is 0. The van der Waals surface area contributed by atoms with Crippen LogP contribution in [0.2, 0.25) is 0 Å². The fraction of sp³-hybridized carbons (Fsp3) is 0.182. The van der Waals surface area contributed by atoms with E-state index < -0.39 is 17.8 Å². The smallest absolute Gasteiger partial charge is 0.545 e. The number of amides is 1. The molecule has 0 bridgehead atoms. The number of rotatable bonds is 4. The van der Waals surface area contributed by atoms with Gasteiger partial charge in [0.05, 0.1) is 17.6 Å². The molecule has 10 nitrogen and oxygen atoms in total. The molecule has 0 aliphatic heterocycles. The Morgan fingerprint density at radius 2 is 1.55 bits per heavy atom. The molecular formula is C11H20CuNO9+3. The molecular weight excluding hydrogens is 354 g/mol. The second kappa shape index (κ2) is 13.9. The van der Waals surface area contributed by atoms with E-state index in [1.54, 1.807) is 6.92 Å². The van der Waals surface area contributed by atoms with Gasteiger partial charge in [-0.2, -0.15) is 0 Å². The minimum absolute atomic E-state index is 0. The summed E-state index contributed by atoms with van der Waals surface area (Å²) in [5.41, 5.74) is -0.614. The van der Waals surface area contributed by atoms with E-state index in [0.29, 0.717) is 0 Å². The zero-order valence-corrected chi connectivity index (χ0v) is 12.5. The number of carboxylic acid groups (broad SMARTS) is 2. The second-order valence-electron chi connectivity index (χ2n) is 3.24. The molecule has 0 unspecified atom stereocenters. The van der Waals surface area contributed by atoms with Gasteiger partial charge in [0.25, 0.3) is 0 Å². The van der Waals surface area contributed by atoms with Gasteiger partial charge in [0, 0.05) is 12.0 Å². The van der Waals surface area contributed by atoms with Gasteiger partial charge in [0.2, 0.25) is 5.91 Å². The average molecular weight is 374 g/mol. The van der Waals surface area contributed by atoms with Crippen LogP contribution in [-0.4, -0.2) is 23.3 Å². The summed E-state index contributed by atoms with van der Waals surface area (Å²) in [6.07, 6.45) is 0.141. The van der Waals surface area contributed by atoms with Crippen molar-refractivity contribution < 1.29 is 63.6 Å². The fourth-order valence-corrected chi connectivity index (χ4v) is 1.19. The predicted octanol–water partition coefficient (Wildman–Crippen LogP) is -4.83. The van der Waals surface area contributed by atoms with Crippen molar-refractivity contribution in [1.29, 1.82) is 0 Å². The van der Waals surface area contributed by atoms with Gasteiger partial charge in [-0.15, -0.1) is 0 Å². The van der Waals surface area contributed by atoms with Crippen molar-refractivity contribution in [3.05, 3.63) is 29.3 Å². The molecule has 0 spiro atoms. The van der Waals surface area contributed by atoms with Gasteiger partial charge in [0.1, 0.15) is 0 Å². The summed E-state index contributed by atoms with van der Waals surface area (Å²) in [4.78, 5) is 32.5. The maximum Gasteiger partial charge on any atom is 2.00 e. The van der Waals surface area contributed by atoms with E-state index in [4.69, 9.17) is 0 Å². The number of carboxylic acids is 2. The Hall–Kier alpha value is -2.01. The SMILES string of the molecule is CCC(=O)Nc1cc(C(=O)[O-])ccc1C(=O)[O-].O.[Cu+2].[OH3+].[OH3+].[OH3+]. The largest absolute Gasteiger partial charge is 2.00 e. The van der Waals surface area contributed by atoms with Crippen LogP contribution in [0.5, 0.6) is 0 Å². The molecule has 11 heteroatoms. The molecule has 131 valence electrons. The molecule has 0 fully saturated rings. The van der Waals surface area contributed by atoms with Crippen LogP contribution in [0.15, 0.2) is 18.2 Å². The first-order valence-corrected chi connectivity index (χ1v) is 4.82. The van der Waals surface area contributed by atoms with Crippen LogP contribution in [0, 0.1) is 0 Å². The standard InChI is InChI=1S/C11H11NO5.Cu.4H2O/c1-2-9(13)12-8-5-6(10(14)15)3-4-7(8)11(16)17;;;;;/h3-5H,2H2,1H3,(H,12,13)(H,14,15)(H,16,17);;4*1H2/q;+2;;;;/p+1. The van der Waals surface area contributed by atoms with Crippen LogP contribution in [0.1, 0.15) is 34.1 Å². The normalized spacial score (nSPS) is 7.50. The van der Waals surface area contributed by atoms with Crippen LogP contribution in [-0.2, 0) is 38.3 Å². The number of hydrogen-bond donors (Lipinski definition) is 1. The zero-order chi connectivity index (χ0) is 13.0. The van der Waals surface area contributed by atoms with Gasteiger partial charge in [-0.05, 0) is 11.6 Å². The Kier molecular flexibility index (Phi) is 20.3. The first-order chi connectivity index (χ1) is 7.95. The third kappa shape index (κ3) is 8.32. The summed E-state index contributed by atoms with van der Waals surface area (Å²) in [6, 6.07) is 3.14. The van der Waals surface area contributed by atoms with Crippen molar-refractivity contribution in [2.45, 2.75) is 13.3 Å². The minimum Gasteiger partial charge on any atom is -0.545 e. The molecule has 0 saturated heterocycles. The molecule has 1 amide bonds. The first-order valence-electron chi connectivity index (χ1n) is 4.82. The molecule has 12 N–H and O–H groups in total. The number of hydrogen-bond acceptors (Lipinski definition) is 5. The Balaban J connectivity index is -0.000000193. The molecule has 22 heavy (non-hydrogen) atoms. The summed E-state index contributed by atoms with van der Waals surface area (Å²) in [7, 11) is 0. The Labute approximate surface area is 135 Å². The topological polar surface area (TPSA) is 240 Å². The van der Waals surface area contributed by atoms with E-state index >= 15 is 0 Å². The Morgan fingerprint density at radius 3 is 1.91 bits per heavy atom. The summed E-state index contributed by atoms with van der Waals surface area (Å²) in [5, 5.41) is 23.6. The van der Waals surface area contributed by atoms with E-state index in [-0.39, 0.29) is 62.2 Å². The summed E-state index contributed by atoms with van der Waals surface area (Å²) in [6.45, 7) is 1.58. The van der Waals surface area contributed by atoms with Crippen LogP contribution in [0.25, 0.3) is 0 Å². The van der Waals surface area contributed by atoms with Gasteiger partial charge in [-0.1, -0.05) is 19.1 Å². The predicted molar refractivity (Wildman–Crippen MR) is 72.3 cm³/mol. The Bertz CT molecular complexity index is 492. The molecule has 0 heterocycles. The van der Waals surface area contributed by atoms with Crippen molar-refractivity contribution in [3.63, 3.8) is 0 Å². The van der Waals surface area contributed by atoms with Gasteiger partial charge in [-0.3, -0.25) is 4.79 Å². The van der Waals surface area contributed by atoms with E-state index in [2.05, 4.69) is 5.32 Å². The Morgan fingerprint density at radius 1 is 1.05 bits per heavy atom. The zero-order valence-electron chi connectivity index (χ0n) is 11.5. The first kappa shape index (κ1) is 32.1. The maximum atomic E-state index is 11.1. The summed E-state index contributed by atoms with van der Waals surface area (Å²) >= 11 is 0. The molecule has 0 saturated carbocycles. The number of nitrogens with one attached hydrogen (secondary N) is 1. The second-order valence-corrected chi connectivity index (χ2v) is 3.24. The maximum absolute atomic E-state index is 11.1. The minimum atomic E-state index is -1.50. The number of carbonyl (C=O) groups excluding carboxylic acids is 3. The van der Waals surface area contributed by atoms with Crippen LogP contribution < -0.4 is 15.5 Å². The third-order valence-corrected chi connectivity index (χ3v) is 2.07. The van der Waals surface area contributed by atoms with Gasteiger partial charge >= 0.3 is 17.1 Å². The summed E-state index contributed by atoms with van der Waals surface area (Å²) in [5.74, 6) is -3.38. The quantitative estimate of drug-likeness (QED) is 0.402. The number of benzene rings is 1. The molecule has 1 radical (unpaired) electrons. The van der Waals surface area contributed by atoms with E-state index in [0.717, 1.165) is 18.2 Å². The molecule has 1 aromatic rings. The molecule has 0 aliphatic carbocycles. The van der Waals surface area contributed by atoms with Crippen LogP contribution in [0.4, 0.5) is 5.69 Å². The van der Waals surface area contributed by atoms with Crippen molar-refractivity contribution >= 4 is 23.5 Å². The van der Waals surface area contributed by atoms with Crippen molar-refractivity contribution in [3.8, 4) is 0 Å². The van der Waals surface area contributed by atoms with E-state index in [9.17, 15) is 24.6 Å². The number of carbonyl (C=O) groups is 3. The third-order valence-electron chi connectivity index (χ3n) is 2.07. The van der Waals surface area contributed by atoms with Gasteiger partial charge in [0.15, 0.2) is 0 Å². The molecule has 0 aromatic heterocycles. The van der Waals surface area contributed by atoms with Gasteiger partial charge in [-0.25, -0.2) is 0 Å². The molecule has 1 aromatic carbocycles. The van der Waals surface area contributed by atoms with Crippen LogP contribution in [0.3, 0.4) is 0 Å². The molecule has 0 aliphatic rings. The monoisotopic (exact) mass is 373 g/mol. The van der Waals surface area contributed by atoms with Gasteiger partial charge < -0.3 is 47.0 Å². The average Bonchev–Trinajstić information content (AvgIpc) is 2.28. The van der Waals surface area contributed by atoms with Crippen molar-refractivity contribution in [1.82, 2.24) is 0 Å². The number of anilines is 1. The fourth-order valence-electron chi connectivity index (χ4n) is 1.19. The van der Waals surface area contributed by atoms with E-state index in [1.807, 2.05) is 0 Å². The van der Waals surface area contributed by atoms with E-state index in [1.165, 1.54) is 0 Å². The molecule has 0 atom stereocenters. The van der Waals surface area contributed by atoms with Crippen molar-refractivity contribution in [2.24, 2.45) is 0 Å².